The van der Waals surface area contributed by atoms with Crippen LogP contribution in [0, 0.1) is 5.92 Å². The Balaban J connectivity index is 1.50. The minimum atomic E-state index is -0.181. The maximum absolute atomic E-state index is 12.4. The van der Waals surface area contributed by atoms with E-state index in [4.69, 9.17) is 4.74 Å². The molecular weight excluding hydrogens is 298 g/mol. The number of hydrogen-bond donors (Lipinski definition) is 1. The molecule has 2 aromatic carbocycles. The Labute approximate surface area is 131 Å². The molecule has 1 aliphatic heterocycles. The fourth-order valence-corrected chi connectivity index (χ4v) is 3.12. The summed E-state index contributed by atoms with van der Waals surface area (Å²) in [7, 11) is 0. The van der Waals surface area contributed by atoms with Crippen LogP contribution in [0.15, 0.2) is 42.5 Å². The molecule has 0 saturated carbocycles. The molecule has 1 aliphatic rings. The lowest BCUT2D eigenvalue weighted by Gasteiger charge is -2.24. The largest absolute Gasteiger partial charge is 0.492 e. The summed E-state index contributed by atoms with van der Waals surface area (Å²) in [5.41, 5.74) is 3.46. The zero-order valence-electron chi connectivity index (χ0n) is 11.7. The number of anilines is 1. The number of nitrogens with one attached hydrogen (secondary N) is 1. The Morgan fingerprint density at radius 1 is 1.18 bits per heavy atom. The molecule has 110 valence electrons. The normalized spacial score (nSPS) is 16.8. The van der Waals surface area contributed by atoms with E-state index in [0.29, 0.717) is 13.0 Å². The van der Waals surface area contributed by atoms with E-state index in [2.05, 4.69) is 14.1 Å². The molecule has 0 aliphatic carbocycles. The molecule has 6 heteroatoms. The van der Waals surface area contributed by atoms with E-state index < -0.39 is 0 Å². The van der Waals surface area contributed by atoms with Gasteiger partial charge in [-0.3, -0.25) is 4.79 Å². The number of hydrogen-bond acceptors (Lipinski definition) is 5. The Kier molecular flexibility index (Phi) is 3.23. The van der Waals surface area contributed by atoms with E-state index in [1.165, 1.54) is 11.7 Å². The highest BCUT2D eigenvalue weighted by molar-refractivity contribution is 7.00. The van der Waals surface area contributed by atoms with Gasteiger partial charge in [-0.1, -0.05) is 18.2 Å². The smallest absolute Gasteiger partial charge is 0.231 e. The van der Waals surface area contributed by atoms with Gasteiger partial charge in [-0.2, -0.15) is 8.75 Å². The molecule has 0 bridgehead atoms. The van der Waals surface area contributed by atoms with Gasteiger partial charge in [-0.05, 0) is 36.2 Å². The molecule has 3 aromatic rings. The highest BCUT2D eigenvalue weighted by Crippen LogP contribution is 2.27. The van der Waals surface area contributed by atoms with E-state index in [1.807, 2.05) is 42.5 Å². The van der Waals surface area contributed by atoms with Crippen LogP contribution < -0.4 is 10.1 Å². The van der Waals surface area contributed by atoms with E-state index in [1.54, 1.807) is 0 Å². The molecule has 0 fully saturated rings. The van der Waals surface area contributed by atoms with Gasteiger partial charge in [0.15, 0.2) is 0 Å². The first-order chi connectivity index (χ1) is 10.8. The first-order valence-corrected chi connectivity index (χ1v) is 7.76. The highest BCUT2D eigenvalue weighted by atomic mass is 32.1. The summed E-state index contributed by atoms with van der Waals surface area (Å²) in [4.78, 5) is 12.4. The van der Waals surface area contributed by atoms with Crippen LogP contribution in [0.1, 0.15) is 5.56 Å². The number of para-hydroxylation sites is 1. The fourth-order valence-electron chi connectivity index (χ4n) is 2.60. The van der Waals surface area contributed by atoms with Crippen LogP contribution in [-0.4, -0.2) is 21.3 Å². The minimum absolute atomic E-state index is 0.0305. The first kappa shape index (κ1) is 13.2. The fraction of sp³-hybridized carbons (Fsp3) is 0.188. The van der Waals surface area contributed by atoms with Crippen molar-refractivity contribution in [2.45, 2.75) is 6.42 Å². The van der Waals surface area contributed by atoms with Crippen LogP contribution in [0.4, 0.5) is 5.69 Å². The number of ether oxygens (including phenoxy) is 1. The van der Waals surface area contributed by atoms with Crippen molar-refractivity contribution in [2.24, 2.45) is 5.92 Å². The topological polar surface area (TPSA) is 64.1 Å². The van der Waals surface area contributed by atoms with Gasteiger partial charge in [0.05, 0.1) is 17.6 Å². The number of nitrogens with zero attached hydrogens (tertiary/aromatic N) is 2. The van der Waals surface area contributed by atoms with Crippen molar-refractivity contribution in [2.75, 3.05) is 11.9 Å². The number of amides is 1. The minimum Gasteiger partial charge on any atom is -0.492 e. The molecular formula is C16H13N3O2S. The van der Waals surface area contributed by atoms with E-state index >= 15 is 0 Å². The molecule has 5 nitrogen and oxygen atoms in total. The Bertz CT molecular complexity index is 846. The van der Waals surface area contributed by atoms with Crippen LogP contribution in [0.25, 0.3) is 11.0 Å². The molecule has 1 atom stereocenters. The molecule has 0 radical (unpaired) electrons. The molecule has 1 aromatic heterocycles. The van der Waals surface area contributed by atoms with Crippen molar-refractivity contribution in [3.63, 3.8) is 0 Å². The van der Waals surface area contributed by atoms with Crippen LogP contribution in [0.5, 0.6) is 5.75 Å². The molecule has 0 unspecified atom stereocenters. The van der Waals surface area contributed by atoms with Crippen molar-refractivity contribution < 1.29 is 9.53 Å². The Morgan fingerprint density at radius 2 is 2.05 bits per heavy atom. The van der Waals surface area contributed by atoms with E-state index in [-0.39, 0.29) is 11.8 Å². The third kappa shape index (κ3) is 2.42. The van der Waals surface area contributed by atoms with Gasteiger partial charge in [-0.25, -0.2) is 0 Å². The maximum Gasteiger partial charge on any atom is 0.231 e. The van der Waals surface area contributed by atoms with Crippen LogP contribution in [-0.2, 0) is 11.2 Å². The standard InChI is InChI=1S/C16H13N3O2S/c20-16(11-7-10-3-1-2-4-15(10)21-9-11)17-12-5-6-13-14(8-12)19-22-18-13/h1-6,8,11H,7,9H2,(H,17,20)/t11-/m0/s1. The molecule has 0 spiro atoms. The molecule has 1 N–H and O–H groups in total. The van der Waals surface area contributed by atoms with Crippen molar-refractivity contribution in [1.82, 2.24) is 8.75 Å². The second kappa shape index (κ2) is 5.38. The van der Waals surface area contributed by atoms with Gasteiger partial charge in [0.1, 0.15) is 23.4 Å². The summed E-state index contributed by atoms with van der Waals surface area (Å²) in [5, 5.41) is 2.94. The second-order valence-corrected chi connectivity index (χ2v) is 5.81. The number of benzene rings is 2. The summed E-state index contributed by atoms with van der Waals surface area (Å²) in [6, 6.07) is 13.4. The third-order valence-electron chi connectivity index (χ3n) is 3.77. The number of rotatable bonds is 2. The number of aromatic nitrogens is 2. The van der Waals surface area contributed by atoms with Gasteiger partial charge >= 0.3 is 0 Å². The van der Waals surface area contributed by atoms with Gasteiger partial charge in [-0.15, -0.1) is 0 Å². The van der Waals surface area contributed by atoms with Crippen molar-refractivity contribution >= 4 is 34.4 Å². The summed E-state index contributed by atoms with van der Waals surface area (Å²) >= 11 is 1.17. The lowest BCUT2D eigenvalue weighted by molar-refractivity contribution is -0.121. The molecule has 4 rings (SSSR count). The predicted octanol–water partition coefficient (Wildman–Crippen LogP) is 2.88. The summed E-state index contributed by atoms with van der Waals surface area (Å²) in [5.74, 6) is 0.665. The van der Waals surface area contributed by atoms with E-state index in [0.717, 1.165) is 28.0 Å². The SMILES string of the molecule is O=C(Nc1ccc2nsnc2c1)[C@@H]1COc2ccccc2C1. The zero-order chi connectivity index (χ0) is 14.9. The van der Waals surface area contributed by atoms with Gasteiger partial charge in [0.25, 0.3) is 0 Å². The quantitative estimate of drug-likeness (QED) is 0.790. The lowest BCUT2D eigenvalue weighted by Crippen LogP contribution is -2.32. The zero-order valence-corrected chi connectivity index (χ0v) is 12.5. The molecule has 22 heavy (non-hydrogen) atoms. The van der Waals surface area contributed by atoms with Crippen LogP contribution >= 0.6 is 11.7 Å². The van der Waals surface area contributed by atoms with Gasteiger partial charge in [0, 0.05) is 5.69 Å². The third-order valence-corrected chi connectivity index (χ3v) is 4.33. The molecule has 2 heterocycles. The maximum atomic E-state index is 12.4. The van der Waals surface area contributed by atoms with Crippen molar-refractivity contribution in [3.8, 4) is 5.75 Å². The molecule has 1 amide bonds. The van der Waals surface area contributed by atoms with Gasteiger partial charge < -0.3 is 10.1 Å². The van der Waals surface area contributed by atoms with Crippen LogP contribution in [0.2, 0.25) is 0 Å². The summed E-state index contributed by atoms with van der Waals surface area (Å²) in [6.45, 7) is 0.406. The van der Waals surface area contributed by atoms with E-state index in [9.17, 15) is 4.79 Å². The summed E-state index contributed by atoms with van der Waals surface area (Å²) < 4.78 is 14.0. The van der Waals surface area contributed by atoms with Crippen LogP contribution in [0.3, 0.4) is 0 Å². The average Bonchev–Trinajstić information content (AvgIpc) is 3.02. The Hall–Kier alpha value is -2.47. The molecule has 0 saturated heterocycles. The average molecular weight is 311 g/mol. The lowest BCUT2D eigenvalue weighted by atomic mass is 9.96. The second-order valence-electron chi connectivity index (χ2n) is 5.28. The first-order valence-electron chi connectivity index (χ1n) is 7.03. The number of fused-ring (bicyclic) bond motifs is 2. The summed E-state index contributed by atoms with van der Waals surface area (Å²) in [6.07, 6.45) is 0.697. The van der Waals surface area contributed by atoms with Crippen molar-refractivity contribution in [3.05, 3.63) is 48.0 Å². The highest BCUT2D eigenvalue weighted by Gasteiger charge is 2.25. The van der Waals surface area contributed by atoms with Crippen molar-refractivity contribution in [1.29, 1.82) is 0 Å². The monoisotopic (exact) mass is 311 g/mol. The number of carbonyl (C=O) groups excluding carboxylic acids is 1. The Morgan fingerprint density at radius 3 is 3.00 bits per heavy atom. The predicted molar refractivity (Wildman–Crippen MR) is 85.2 cm³/mol. The van der Waals surface area contributed by atoms with Gasteiger partial charge in [0.2, 0.25) is 5.91 Å². The number of carbonyl (C=O) groups is 1.